The van der Waals surface area contributed by atoms with Crippen LogP contribution in [0.3, 0.4) is 0 Å². The normalized spacial score (nSPS) is 35.2. The summed E-state index contributed by atoms with van der Waals surface area (Å²) >= 11 is 1.38. The van der Waals surface area contributed by atoms with Gasteiger partial charge in [0.25, 0.3) is 0 Å². The van der Waals surface area contributed by atoms with E-state index in [0.29, 0.717) is 17.8 Å². The number of thioether (sulfide) groups is 1. The number of carbonyl (C=O) groups excluding carboxylic acids is 3. The van der Waals surface area contributed by atoms with Crippen molar-refractivity contribution in [2.75, 3.05) is 11.9 Å². The second-order valence-electron chi connectivity index (χ2n) is 9.08. The van der Waals surface area contributed by atoms with Crippen molar-refractivity contribution in [2.45, 2.75) is 55.1 Å². The molecule has 1 atom stereocenters. The minimum Gasteiger partial charge on any atom is -0.458 e. The van der Waals surface area contributed by atoms with Crippen LogP contribution in [0.2, 0.25) is 0 Å². The molecule has 0 spiro atoms. The molecular formula is C22H25NO4S. The van der Waals surface area contributed by atoms with Gasteiger partial charge in [-0.15, -0.1) is 11.8 Å². The van der Waals surface area contributed by atoms with Gasteiger partial charge in [-0.3, -0.25) is 14.4 Å². The Kier molecular flexibility index (Phi) is 4.49. The molecule has 148 valence electrons. The highest BCUT2D eigenvalue weighted by Gasteiger charge is 2.54. The Bertz CT molecular complexity index is 800. The van der Waals surface area contributed by atoms with Crippen molar-refractivity contribution >= 4 is 35.1 Å². The number of amides is 1. The van der Waals surface area contributed by atoms with Crippen molar-refractivity contribution in [2.24, 2.45) is 23.2 Å². The first-order chi connectivity index (χ1) is 13.5. The van der Waals surface area contributed by atoms with E-state index in [1.807, 2.05) is 24.3 Å². The van der Waals surface area contributed by atoms with E-state index in [2.05, 4.69) is 5.32 Å². The molecule has 4 saturated carbocycles. The zero-order valence-corrected chi connectivity index (χ0v) is 16.6. The fourth-order valence-electron chi connectivity index (χ4n) is 6.19. The van der Waals surface area contributed by atoms with Crippen LogP contribution >= 0.6 is 11.8 Å². The summed E-state index contributed by atoms with van der Waals surface area (Å²) in [6, 6.07) is 7.54. The average Bonchev–Trinajstić information content (AvgIpc) is 2.65. The number of benzene rings is 1. The summed E-state index contributed by atoms with van der Waals surface area (Å²) in [6.07, 6.45) is 6.76. The zero-order valence-electron chi connectivity index (χ0n) is 15.8. The molecule has 0 aromatic heterocycles. The summed E-state index contributed by atoms with van der Waals surface area (Å²) in [4.78, 5) is 38.5. The number of para-hydroxylation sites is 1. The van der Waals surface area contributed by atoms with E-state index < -0.39 is 11.2 Å². The number of hydrogen-bond donors (Lipinski definition) is 1. The van der Waals surface area contributed by atoms with Crippen LogP contribution in [0.4, 0.5) is 5.69 Å². The van der Waals surface area contributed by atoms with E-state index in [1.165, 1.54) is 31.0 Å². The highest BCUT2D eigenvalue weighted by atomic mass is 32.2. The fourth-order valence-corrected chi connectivity index (χ4v) is 7.28. The number of fused-ring (bicyclic) bond motifs is 1. The van der Waals surface area contributed by atoms with E-state index in [0.717, 1.165) is 29.8 Å². The first-order valence-corrected chi connectivity index (χ1v) is 11.1. The third-order valence-corrected chi connectivity index (χ3v) is 8.33. The van der Waals surface area contributed by atoms with Gasteiger partial charge in [0, 0.05) is 10.3 Å². The first-order valence-electron chi connectivity index (χ1n) is 10.3. The lowest BCUT2D eigenvalue weighted by Crippen LogP contribution is -2.51. The topological polar surface area (TPSA) is 72.5 Å². The Morgan fingerprint density at radius 2 is 1.71 bits per heavy atom. The molecule has 6 rings (SSSR count). The minimum atomic E-state index is -0.517. The standard InChI is InChI=1S/C22H25NO4S/c24-19(22-9-13-5-14(10-22)7-15(6-13)11-22)12-27-20(25)8-18-21(26)23-16-3-1-2-4-17(16)28-18/h1-4,13-15,18H,5-12H2,(H,23,26)/t13?,14?,15?,18-,22?/m1/s1. The van der Waals surface area contributed by atoms with Crippen molar-refractivity contribution < 1.29 is 19.1 Å². The number of rotatable bonds is 5. The molecule has 1 heterocycles. The molecule has 1 aromatic carbocycles. The highest BCUT2D eigenvalue weighted by Crippen LogP contribution is 2.60. The quantitative estimate of drug-likeness (QED) is 0.762. The van der Waals surface area contributed by atoms with Gasteiger partial charge in [-0.2, -0.15) is 0 Å². The maximum absolute atomic E-state index is 13.0. The largest absolute Gasteiger partial charge is 0.458 e. The molecule has 1 aromatic rings. The van der Waals surface area contributed by atoms with E-state index in [1.54, 1.807) is 0 Å². The molecule has 0 unspecified atom stereocenters. The second-order valence-corrected chi connectivity index (χ2v) is 10.3. The Labute approximate surface area is 169 Å². The molecular weight excluding hydrogens is 374 g/mol. The van der Waals surface area contributed by atoms with Crippen molar-refractivity contribution in [3.8, 4) is 0 Å². The van der Waals surface area contributed by atoms with E-state index in [4.69, 9.17) is 4.74 Å². The SMILES string of the molecule is O=C(C[C@H]1Sc2ccccc2NC1=O)OCC(=O)C12CC3CC(CC(C3)C1)C2. The summed E-state index contributed by atoms with van der Waals surface area (Å²) in [5, 5.41) is 2.32. The number of anilines is 1. The van der Waals surface area contributed by atoms with Crippen LogP contribution in [0, 0.1) is 23.2 Å². The first kappa shape index (κ1) is 18.2. The van der Waals surface area contributed by atoms with Crippen molar-refractivity contribution in [3.63, 3.8) is 0 Å². The molecule has 1 N–H and O–H groups in total. The molecule has 0 radical (unpaired) electrons. The Balaban J connectivity index is 1.17. The van der Waals surface area contributed by atoms with Crippen LogP contribution in [0.5, 0.6) is 0 Å². The molecule has 1 amide bonds. The zero-order chi connectivity index (χ0) is 19.3. The van der Waals surface area contributed by atoms with Crippen molar-refractivity contribution in [1.29, 1.82) is 0 Å². The number of nitrogens with one attached hydrogen (secondary N) is 1. The maximum Gasteiger partial charge on any atom is 0.307 e. The summed E-state index contributed by atoms with van der Waals surface area (Å²) in [5.41, 5.74) is 0.532. The van der Waals surface area contributed by atoms with Crippen LogP contribution in [0.25, 0.3) is 0 Å². The van der Waals surface area contributed by atoms with Gasteiger partial charge in [0.05, 0.1) is 17.4 Å². The van der Waals surface area contributed by atoms with E-state index in [9.17, 15) is 14.4 Å². The fraction of sp³-hybridized carbons (Fsp3) is 0.591. The number of ketones is 1. The van der Waals surface area contributed by atoms with Gasteiger partial charge < -0.3 is 10.1 Å². The van der Waals surface area contributed by atoms with Crippen LogP contribution in [-0.2, 0) is 19.1 Å². The van der Waals surface area contributed by atoms with Gasteiger partial charge >= 0.3 is 5.97 Å². The van der Waals surface area contributed by atoms with Gasteiger partial charge in [0.1, 0.15) is 0 Å². The number of Topliss-reactive ketones (excluding diaryl/α,β-unsaturated/α-hetero) is 1. The lowest BCUT2D eigenvalue weighted by Gasteiger charge is -2.55. The minimum absolute atomic E-state index is 0.0149. The van der Waals surface area contributed by atoms with Crippen LogP contribution in [0.15, 0.2) is 29.2 Å². The van der Waals surface area contributed by atoms with E-state index >= 15 is 0 Å². The predicted molar refractivity (Wildman–Crippen MR) is 106 cm³/mol. The summed E-state index contributed by atoms with van der Waals surface area (Å²) < 4.78 is 5.35. The molecule has 5 nitrogen and oxygen atoms in total. The van der Waals surface area contributed by atoms with Crippen LogP contribution in [-0.4, -0.2) is 29.5 Å². The van der Waals surface area contributed by atoms with Gasteiger partial charge in [0.15, 0.2) is 12.4 Å². The smallest absolute Gasteiger partial charge is 0.307 e. The molecule has 4 bridgehead atoms. The van der Waals surface area contributed by atoms with Crippen LogP contribution < -0.4 is 5.32 Å². The summed E-state index contributed by atoms with van der Waals surface area (Å²) in [5.74, 6) is 1.51. The lowest BCUT2D eigenvalue weighted by atomic mass is 9.48. The van der Waals surface area contributed by atoms with E-state index in [-0.39, 0.29) is 30.1 Å². The van der Waals surface area contributed by atoms with Crippen molar-refractivity contribution in [3.05, 3.63) is 24.3 Å². The van der Waals surface area contributed by atoms with Gasteiger partial charge in [0.2, 0.25) is 5.91 Å². The number of carbonyl (C=O) groups is 3. The van der Waals surface area contributed by atoms with Crippen molar-refractivity contribution in [1.82, 2.24) is 0 Å². The summed E-state index contributed by atoms with van der Waals surface area (Å²) in [6.45, 7) is -0.138. The monoisotopic (exact) mass is 399 g/mol. The van der Waals surface area contributed by atoms with Gasteiger partial charge in [-0.1, -0.05) is 12.1 Å². The molecule has 5 aliphatic rings. The average molecular weight is 400 g/mol. The summed E-state index contributed by atoms with van der Waals surface area (Å²) in [7, 11) is 0. The second kappa shape index (κ2) is 6.90. The molecule has 1 aliphatic heterocycles. The number of ether oxygens (including phenoxy) is 1. The van der Waals surface area contributed by atoms with Gasteiger partial charge in [-0.25, -0.2) is 0 Å². The predicted octanol–water partition coefficient (Wildman–Crippen LogP) is 3.82. The van der Waals surface area contributed by atoms with Gasteiger partial charge in [-0.05, 0) is 68.4 Å². The molecule has 28 heavy (non-hydrogen) atoms. The molecule has 4 aliphatic carbocycles. The highest BCUT2D eigenvalue weighted by molar-refractivity contribution is 8.01. The molecule has 4 fully saturated rings. The third-order valence-electron chi connectivity index (χ3n) is 7.05. The number of hydrogen-bond acceptors (Lipinski definition) is 5. The Morgan fingerprint density at radius 3 is 2.39 bits per heavy atom. The Morgan fingerprint density at radius 1 is 1.07 bits per heavy atom. The number of esters is 1. The maximum atomic E-state index is 13.0. The third kappa shape index (κ3) is 3.25. The molecule has 0 saturated heterocycles. The van der Waals surface area contributed by atoms with Crippen LogP contribution in [0.1, 0.15) is 44.9 Å². The Hall–Kier alpha value is -1.82. The lowest BCUT2D eigenvalue weighted by molar-refractivity contribution is -0.157. The molecule has 6 heteroatoms.